The van der Waals surface area contributed by atoms with Crippen LogP contribution in [0, 0.1) is 0 Å². The number of carbonyl (C=O) groups is 2. The van der Waals surface area contributed by atoms with Gasteiger partial charge in [0.2, 0.25) is 0 Å². The van der Waals surface area contributed by atoms with Crippen molar-refractivity contribution in [1.82, 2.24) is 9.78 Å². The van der Waals surface area contributed by atoms with Crippen molar-refractivity contribution in [3.8, 4) is 0 Å². The average molecular weight is 282 g/mol. The third-order valence-electron chi connectivity index (χ3n) is 1.92. The van der Waals surface area contributed by atoms with E-state index in [2.05, 4.69) is 21.4 Å². The monoisotopic (exact) mass is 281 g/mol. The van der Waals surface area contributed by atoms with E-state index >= 15 is 0 Å². The number of anilines is 1. The minimum Gasteiger partial charge on any atom is -0.462 e. The Bertz CT molecular complexity index is 470. The number of ether oxygens (including phenoxy) is 1. The van der Waals surface area contributed by atoms with Crippen LogP contribution in [0.4, 0.5) is 14.6 Å². The van der Waals surface area contributed by atoms with Crippen LogP contribution in [0.1, 0.15) is 17.3 Å². The molecule has 1 rings (SSSR count). The van der Waals surface area contributed by atoms with Crippen molar-refractivity contribution in [2.45, 2.75) is 12.3 Å². The molecule has 0 saturated heterocycles. The molecule has 0 spiro atoms. The lowest BCUT2D eigenvalue weighted by Crippen LogP contribution is -2.30. The Balaban J connectivity index is 2.99. The van der Waals surface area contributed by atoms with E-state index in [9.17, 15) is 18.4 Å². The van der Waals surface area contributed by atoms with Gasteiger partial charge in [-0.3, -0.25) is 9.48 Å². The molecule has 1 aromatic heterocycles. The topological polar surface area (TPSA) is 73.2 Å². The summed E-state index contributed by atoms with van der Waals surface area (Å²) in [5.74, 6) is -2.74. The fourth-order valence-electron chi connectivity index (χ4n) is 1.12. The predicted octanol–water partition coefficient (Wildman–Crippen LogP) is 1.37. The van der Waals surface area contributed by atoms with Gasteiger partial charge in [0.25, 0.3) is 0 Å². The first kappa shape index (κ1) is 14.4. The van der Waals surface area contributed by atoms with Crippen molar-refractivity contribution in [2.75, 3.05) is 11.9 Å². The van der Waals surface area contributed by atoms with Gasteiger partial charge < -0.3 is 10.1 Å². The minimum atomic E-state index is -4.07. The van der Waals surface area contributed by atoms with Crippen LogP contribution in [0.25, 0.3) is 0 Å². The molecule has 0 aromatic carbocycles. The molecule has 1 heterocycles. The second kappa shape index (κ2) is 5.30. The molecule has 100 valence electrons. The maximum absolute atomic E-state index is 12.5. The van der Waals surface area contributed by atoms with Crippen molar-refractivity contribution in [2.24, 2.45) is 7.05 Å². The predicted molar refractivity (Wildman–Crippen MR) is 58.6 cm³/mol. The first-order valence-electron chi connectivity index (χ1n) is 4.84. The van der Waals surface area contributed by atoms with Crippen LogP contribution in [-0.4, -0.2) is 33.6 Å². The summed E-state index contributed by atoms with van der Waals surface area (Å²) in [7, 11) is 1.37. The molecular weight excluding hydrogens is 272 g/mol. The van der Waals surface area contributed by atoms with E-state index in [1.54, 1.807) is 6.92 Å². The summed E-state index contributed by atoms with van der Waals surface area (Å²) in [6.45, 7) is 1.69. The summed E-state index contributed by atoms with van der Waals surface area (Å²) in [4.78, 5) is 22.5. The SMILES string of the molecule is CCOC(=O)c1cnn(C)c1NC(=O)C(F)(F)Cl. The first-order valence-corrected chi connectivity index (χ1v) is 5.22. The summed E-state index contributed by atoms with van der Waals surface area (Å²) in [5.41, 5.74) is -0.131. The molecule has 0 aliphatic carbocycles. The highest BCUT2D eigenvalue weighted by molar-refractivity contribution is 6.34. The van der Waals surface area contributed by atoms with Crippen LogP contribution in [0.15, 0.2) is 6.20 Å². The Morgan fingerprint density at radius 1 is 1.61 bits per heavy atom. The molecule has 0 aliphatic heterocycles. The van der Waals surface area contributed by atoms with Gasteiger partial charge >= 0.3 is 17.3 Å². The van der Waals surface area contributed by atoms with Crippen molar-refractivity contribution in [3.63, 3.8) is 0 Å². The molecule has 0 fully saturated rings. The van der Waals surface area contributed by atoms with Gasteiger partial charge in [0.1, 0.15) is 11.4 Å². The number of carbonyl (C=O) groups excluding carboxylic acids is 2. The molecule has 0 atom stereocenters. The van der Waals surface area contributed by atoms with Crippen molar-refractivity contribution in [3.05, 3.63) is 11.8 Å². The van der Waals surface area contributed by atoms with E-state index in [0.29, 0.717) is 0 Å². The maximum atomic E-state index is 12.5. The molecule has 0 radical (unpaired) electrons. The third-order valence-corrected chi connectivity index (χ3v) is 2.10. The number of nitrogens with one attached hydrogen (secondary N) is 1. The fourth-order valence-corrected chi connectivity index (χ4v) is 1.17. The van der Waals surface area contributed by atoms with Gasteiger partial charge in [-0.15, -0.1) is 0 Å². The third kappa shape index (κ3) is 3.16. The van der Waals surface area contributed by atoms with E-state index in [-0.39, 0.29) is 18.0 Å². The Hall–Kier alpha value is -1.70. The lowest BCUT2D eigenvalue weighted by atomic mass is 10.3. The number of rotatable bonds is 4. The molecule has 6 nitrogen and oxygen atoms in total. The quantitative estimate of drug-likeness (QED) is 0.668. The Kier molecular flexibility index (Phi) is 4.23. The Morgan fingerprint density at radius 3 is 2.72 bits per heavy atom. The number of aromatic nitrogens is 2. The van der Waals surface area contributed by atoms with E-state index in [1.807, 2.05) is 5.32 Å². The van der Waals surface area contributed by atoms with Crippen LogP contribution in [0.3, 0.4) is 0 Å². The summed E-state index contributed by atoms with van der Waals surface area (Å²) in [6, 6.07) is 0. The molecule has 1 N–H and O–H groups in total. The number of amides is 1. The van der Waals surface area contributed by atoms with Gasteiger partial charge in [-0.1, -0.05) is 0 Å². The number of nitrogens with zero attached hydrogens (tertiary/aromatic N) is 2. The zero-order chi connectivity index (χ0) is 13.9. The van der Waals surface area contributed by atoms with Crippen LogP contribution >= 0.6 is 11.6 Å². The number of hydrogen-bond donors (Lipinski definition) is 1. The van der Waals surface area contributed by atoms with Crippen molar-refractivity contribution in [1.29, 1.82) is 0 Å². The largest absolute Gasteiger partial charge is 0.462 e. The smallest absolute Gasteiger partial charge is 0.400 e. The normalized spacial score (nSPS) is 11.2. The van der Waals surface area contributed by atoms with Gasteiger partial charge in [-0.25, -0.2) is 4.79 Å². The van der Waals surface area contributed by atoms with Crippen LogP contribution in [0.5, 0.6) is 0 Å². The standard InChI is InChI=1S/C9H10ClF2N3O3/c1-3-18-7(16)5-4-13-15(2)6(5)14-8(17)9(10,11)12/h4H,3H2,1-2H3,(H,14,17). The molecule has 1 amide bonds. The molecular formula is C9H10ClF2N3O3. The molecule has 0 unspecified atom stereocenters. The first-order chi connectivity index (χ1) is 8.27. The number of aryl methyl sites for hydroxylation is 1. The van der Waals surface area contributed by atoms with Crippen LogP contribution < -0.4 is 5.32 Å². The maximum Gasteiger partial charge on any atom is 0.400 e. The van der Waals surface area contributed by atoms with Crippen LogP contribution in [0.2, 0.25) is 0 Å². The molecule has 1 aromatic rings. The molecule has 0 saturated carbocycles. The molecule has 0 aliphatic rings. The summed E-state index contributed by atoms with van der Waals surface area (Å²) in [5, 5.41) is 1.41. The zero-order valence-electron chi connectivity index (χ0n) is 9.54. The van der Waals surface area contributed by atoms with Crippen LogP contribution in [-0.2, 0) is 16.6 Å². The second-order valence-electron chi connectivity index (χ2n) is 3.20. The highest BCUT2D eigenvalue weighted by atomic mass is 35.5. The summed E-state index contributed by atoms with van der Waals surface area (Å²) >= 11 is 4.55. The number of alkyl halides is 3. The highest BCUT2D eigenvalue weighted by Crippen LogP contribution is 2.23. The van der Waals surface area contributed by atoms with E-state index < -0.39 is 17.3 Å². The molecule has 9 heteroatoms. The fraction of sp³-hybridized carbons (Fsp3) is 0.444. The lowest BCUT2D eigenvalue weighted by molar-refractivity contribution is -0.130. The summed E-state index contributed by atoms with van der Waals surface area (Å²) < 4.78 is 30.8. The van der Waals surface area contributed by atoms with Gasteiger partial charge in [-0.2, -0.15) is 13.9 Å². The highest BCUT2D eigenvalue weighted by Gasteiger charge is 2.37. The molecule has 18 heavy (non-hydrogen) atoms. The lowest BCUT2D eigenvalue weighted by Gasteiger charge is -2.10. The van der Waals surface area contributed by atoms with Crippen molar-refractivity contribution >= 4 is 29.3 Å². The second-order valence-corrected chi connectivity index (χ2v) is 3.68. The number of hydrogen-bond acceptors (Lipinski definition) is 4. The summed E-state index contributed by atoms with van der Waals surface area (Å²) in [6.07, 6.45) is 1.10. The van der Waals surface area contributed by atoms with Gasteiger partial charge in [0.15, 0.2) is 0 Å². The van der Waals surface area contributed by atoms with E-state index in [0.717, 1.165) is 10.9 Å². The van der Waals surface area contributed by atoms with Gasteiger partial charge in [0.05, 0.1) is 12.8 Å². The minimum absolute atomic E-state index is 0.104. The van der Waals surface area contributed by atoms with Crippen molar-refractivity contribution < 1.29 is 23.1 Å². The zero-order valence-corrected chi connectivity index (χ0v) is 10.3. The molecule has 0 bridgehead atoms. The number of esters is 1. The number of halogens is 3. The van der Waals surface area contributed by atoms with Gasteiger partial charge in [0, 0.05) is 7.05 Å². The average Bonchev–Trinajstić information content (AvgIpc) is 2.59. The Labute approximate surface area is 106 Å². The van der Waals surface area contributed by atoms with E-state index in [4.69, 9.17) is 0 Å². The van der Waals surface area contributed by atoms with Gasteiger partial charge in [-0.05, 0) is 18.5 Å². The Morgan fingerprint density at radius 2 is 2.22 bits per heavy atom. The van der Waals surface area contributed by atoms with E-state index in [1.165, 1.54) is 7.05 Å².